The third-order valence-corrected chi connectivity index (χ3v) is 5.78. The lowest BCUT2D eigenvalue weighted by Gasteiger charge is -2.14. The molecule has 1 N–H and O–H groups in total. The van der Waals surface area contributed by atoms with Gasteiger partial charge in [-0.05, 0) is 23.1 Å². The first kappa shape index (κ1) is 17.8. The Morgan fingerprint density at radius 1 is 1.20 bits per heavy atom. The van der Waals surface area contributed by atoms with Gasteiger partial charge in [0, 0.05) is 24.4 Å². The van der Waals surface area contributed by atoms with Crippen LogP contribution in [-0.4, -0.2) is 27.6 Å². The Morgan fingerprint density at radius 3 is 2.72 bits per heavy atom. The molecule has 0 radical (unpaired) electrons. The summed E-state index contributed by atoms with van der Waals surface area (Å²) < 4.78 is 0.503. The van der Waals surface area contributed by atoms with Gasteiger partial charge in [-0.25, -0.2) is 0 Å². The number of carbonyl (C=O) groups excluding carboxylic acids is 2. The summed E-state index contributed by atoms with van der Waals surface area (Å²) in [5, 5.41) is 4.82. The van der Waals surface area contributed by atoms with Gasteiger partial charge in [0.2, 0.25) is 5.91 Å². The summed E-state index contributed by atoms with van der Waals surface area (Å²) in [6, 6.07) is 13.6. The number of rotatable bonds is 6. The fraction of sp³-hybridized carbons (Fsp3) is 0.167. The molecule has 0 aliphatic carbocycles. The van der Waals surface area contributed by atoms with Crippen LogP contribution < -0.4 is 5.32 Å². The number of benzene rings is 1. The van der Waals surface area contributed by atoms with Crippen LogP contribution in [0.3, 0.4) is 0 Å². The van der Waals surface area contributed by atoms with Crippen molar-refractivity contribution in [3.05, 3.63) is 63.2 Å². The van der Waals surface area contributed by atoms with E-state index in [2.05, 4.69) is 5.32 Å². The Hall–Kier alpha value is -1.96. The fourth-order valence-corrected chi connectivity index (χ4v) is 4.32. The Balaban J connectivity index is 1.51. The van der Waals surface area contributed by atoms with Gasteiger partial charge in [0.05, 0.1) is 4.91 Å². The predicted molar refractivity (Wildman–Crippen MR) is 107 cm³/mol. The zero-order chi connectivity index (χ0) is 17.6. The maximum absolute atomic E-state index is 12.5. The number of hydrogen-bond acceptors (Lipinski definition) is 5. The van der Waals surface area contributed by atoms with Gasteiger partial charge in [-0.1, -0.05) is 60.4 Å². The van der Waals surface area contributed by atoms with Crippen molar-refractivity contribution >= 4 is 57.5 Å². The highest BCUT2D eigenvalue weighted by Gasteiger charge is 2.32. The van der Waals surface area contributed by atoms with E-state index in [-0.39, 0.29) is 18.2 Å². The lowest BCUT2D eigenvalue weighted by molar-refractivity contribution is -0.123. The van der Waals surface area contributed by atoms with Gasteiger partial charge in [-0.2, -0.15) is 0 Å². The molecule has 2 amide bonds. The van der Waals surface area contributed by atoms with Crippen molar-refractivity contribution in [2.24, 2.45) is 0 Å². The molecule has 128 valence electrons. The van der Waals surface area contributed by atoms with Crippen molar-refractivity contribution in [2.75, 3.05) is 6.54 Å². The maximum Gasteiger partial charge on any atom is 0.266 e. The van der Waals surface area contributed by atoms with Crippen LogP contribution in [0.4, 0.5) is 0 Å². The Morgan fingerprint density at radius 2 is 2.00 bits per heavy atom. The quantitative estimate of drug-likeness (QED) is 0.606. The molecule has 2 aromatic rings. The van der Waals surface area contributed by atoms with Crippen LogP contribution in [0, 0.1) is 0 Å². The first-order valence-corrected chi connectivity index (χ1v) is 9.83. The maximum atomic E-state index is 12.5. The van der Waals surface area contributed by atoms with Crippen LogP contribution in [0.2, 0.25) is 0 Å². The van der Waals surface area contributed by atoms with E-state index in [0.29, 0.717) is 22.3 Å². The summed E-state index contributed by atoms with van der Waals surface area (Å²) in [6.45, 7) is 0.781. The van der Waals surface area contributed by atoms with E-state index in [1.54, 1.807) is 11.3 Å². The molecular formula is C18H16N2O2S3. The van der Waals surface area contributed by atoms with Gasteiger partial charge in [-0.3, -0.25) is 14.5 Å². The number of nitrogens with one attached hydrogen (secondary N) is 1. The van der Waals surface area contributed by atoms with Crippen LogP contribution >= 0.6 is 35.3 Å². The predicted octanol–water partition coefficient (Wildman–Crippen LogP) is 3.66. The molecular weight excluding hydrogens is 372 g/mol. The molecule has 3 rings (SSSR count). The van der Waals surface area contributed by atoms with Crippen LogP contribution in [-0.2, 0) is 16.1 Å². The number of carbonyl (C=O) groups is 2. The third-order valence-electron chi connectivity index (χ3n) is 3.59. The number of thiophene rings is 1. The fourth-order valence-electron chi connectivity index (χ4n) is 2.29. The second-order valence-electron chi connectivity index (χ2n) is 5.36. The van der Waals surface area contributed by atoms with Crippen molar-refractivity contribution in [2.45, 2.75) is 13.0 Å². The highest BCUT2D eigenvalue weighted by Crippen LogP contribution is 2.33. The second-order valence-corrected chi connectivity index (χ2v) is 8.02. The van der Waals surface area contributed by atoms with Crippen molar-refractivity contribution in [1.29, 1.82) is 0 Å². The highest BCUT2D eigenvalue weighted by atomic mass is 32.2. The number of thioether (sulfide) groups is 1. The van der Waals surface area contributed by atoms with Gasteiger partial charge in [-0.15, -0.1) is 11.3 Å². The molecule has 0 spiro atoms. The summed E-state index contributed by atoms with van der Waals surface area (Å²) in [4.78, 5) is 27.6. The van der Waals surface area contributed by atoms with Gasteiger partial charge >= 0.3 is 0 Å². The number of nitrogens with zero attached hydrogens (tertiary/aromatic N) is 1. The smallest absolute Gasteiger partial charge is 0.266 e. The normalized spacial score (nSPS) is 15.8. The number of amides is 2. The minimum absolute atomic E-state index is 0.0971. The summed E-state index contributed by atoms with van der Waals surface area (Å²) in [6.07, 6.45) is 2.07. The lowest BCUT2D eigenvalue weighted by atomic mass is 10.2. The van der Waals surface area contributed by atoms with Crippen molar-refractivity contribution in [1.82, 2.24) is 10.2 Å². The molecule has 1 fully saturated rings. The molecule has 0 atom stereocenters. The molecule has 4 nitrogen and oxygen atoms in total. The van der Waals surface area contributed by atoms with E-state index in [1.807, 2.05) is 53.9 Å². The minimum Gasteiger partial charge on any atom is -0.352 e. The van der Waals surface area contributed by atoms with E-state index in [9.17, 15) is 9.59 Å². The minimum atomic E-state index is -0.126. The molecule has 25 heavy (non-hydrogen) atoms. The standard InChI is InChI=1S/C18H16N2O2S3/c21-16(19-12-13-5-2-1-3-6-13)8-9-20-17(22)15(25-18(20)23)11-14-7-4-10-24-14/h1-7,10-11H,8-9,12H2,(H,19,21)/b15-11-. The first-order chi connectivity index (χ1) is 12.1. The number of thiocarbonyl (C=S) groups is 1. The van der Waals surface area contributed by atoms with E-state index >= 15 is 0 Å². The summed E-state index contributed by atoms with van der Waals surface area (Å²) >= 11 is 8.14. The Bertz CT molecular complexity index is 801. The van der Waals surface area contributed by atoms with E-state index < -0.39 is 0 Å². The molecule has 1 aromatic carbocycles. The molecule has 0 unspecified atom stereocenters. The molecule has 2 heterocycles. The van der Waals surface area contributed by atoms with Crippen molar-refractivity contribution < 1.29 is 9.59 Å². The lowest BCUT2D eigenvalue weighted by Crippen LogP contribution is -2.33. The Kier molecular flexibility index (Phi) is 6.01. The zero-order valence-electron chi connectivity index (χ0n) is 13.3. The van der Waals surface area contributed by atoms with Gasteiger partial charge in [0.15, 0.2) is 0 Å². The highest BCUT2D eigenvalue weighted by molar-refractivity contribution is 8.26. The van der Waals surface area contributed by atoms with Gasteiger partial charge < -0.3 is 5.32 Å². The van der Waals surface area contributed by atoms with Crippen LogP contribution in [0.5, 0.6) is 0 Å². The Labute approximate surface area is 159 Å². The van der Waals surface area contributed by atoms with E-state index in [0.717, 1.165) is 10.4 Å². The van der Waals surface area contributed by atoms with Crippen LogP contribution in [0.15, 0.2) is 52.7 Å². The monoisotopic (exact) mass is 388 g/mol. The largest absolute Gasteiger partial charge is 0.352 e. The number of hydrogen-bond donors (Lipinski definition) is 1. The van der Waals surface area contributed by atoms with Crippen molar-refractivity contribution in [3.63, 3.8) is 0 Å². The summed E-state index contributed by atoms with van der Waals surface area (Å²) in [5.41, 5.74) is 1.04. The molecule has 0 bridgehead atoms. The van der Waals surface area contributed by atoms with E-state index in [1.165, 1.54) is 16.7 Å². The average molecular weight is 389 g/mol. The van der Waals surface area contributed by atoms with Crippen LogP contribution in [0.25, 0.3) is 6.08 Å². The zero-order valence-corrected chi connectivity index (χ0v) is 15.8. The molecule has 0 saturated carbocycles. The third kappa shape index (κ3) is 4.78. The summed E-state index contributed by atoms with van der Waals surface area (Å²) in [5.74, 6) is -0.223. The van der Waals surface area contributed by atoms with Crippen LogP contribution in [0.1, 0.15) is 16.9 Å². The van der Waals surface area contributed by atoms with Crippen molar-refractivity contribution in [3.8, 4) is 0 Å². The molecule has 7 heteroatoms. The molecule has 1 saturated heterocycles. The summed E-state index contributed by atoms with van der Waals surface area (Å²) in [7, 11) is 0. The van der Waals surface area contributed by atoms with Gasteiger partial charge in [0.1, 0.15) is 4.32 Å². The average Bonchev–Trinajstić information content (AvgIpc) is 3.22. The SMILES string of the molecule is O=C(CCN1C(=O)/C(=C/c2cccs2)SC1=S)NCc1ccccc1. The molecule has 1 aromatic heterocycles. The topological polar surface area (TPSA) is 49.4 Å². The second kappa shape index (κ2) is 8.42. The molecule has 1 aliphatic heterocycles. The molecule has 1 aliphatic rings. The first-order valence-electron chi connectivity index (χ1n) is 7.73. The van der Waals surface area contributed by atoms with Gasteiger partial charge in [0.25, 0.3) is 5.91 Å². The van der Waals surface area contributed by atoms with E-state index in [4.69, 9.17) is 12.2 Å².